The number of ether oxygens (including phenoxy) is 1. The van der Waals surface area contributed by atoms with Gasteiger partial charge in [0.05, 0.1) is 18.4 Å². The van der Waals surface area contributed by atoms with Gasteiger partial charge in [-0.2, -0.15) is 0 Å². The predicted octanol–water partition coefficient (Wildman–Crippen LogP) is 1.69. The van der Waals surface area contributed by atoms with Crippen molar-refractivity contribution >= 4 is 11.9 Å². The molecule has 0 aromatic rings. The largest absolute Gasteiger partial charge is 0.481 e. The lowest BCUT2D eigenvalue weighted by Crippen LogP contribution is -2.30. The van der Waals surface area contributed by atoms with Crippen LogP contribution in [-0.2, 0) is 14.3 Å². The number of carboxylic acid groups (broad SMARTS) is 1. The molecule has 1 N–H and O–H groups in total. The fourth-order valence-corrected chi connectivity index (χ4v) is 1.38. The highest BCUT2D eigenvalue weighted by Gasteiger charge is 2.33. The van der Waals surface area contributed by atoms with Gasteiger partial charge in [0, 0.05) is 0 Å². The third kappa shape index (κ3) is 3.36. The van der Waals surface area contributed by atoms with Crippen molar-refractivity contribution in [2.24, 2.45) is 11.3 Å². The second-order valence-corrected chi connectivity index (χ2v) is 4.02. The number of esters is 1. The van der Waals surface area contributed by atoms with Crippen molar-refractivity contribution in [3.8, 4) is 0 Å². The van der Waals surface area contributed by atoms with Crippen LogP contribution >= 0.6 is 0 Å². The van der Waals surface area contributed by atoms with Gasteiger partial charge in [0.15, 0.2) is 0 Å². The van der Waals surface area contributed by atoms with E-state index >= 15 is 0 Å². The summed E-state index contributed by atoms with van der Waals surface area (Å²) in [6.07, 6.45) is 0.835. The zero-order chi connectivity index (χ0) is 11.4. The van der Waals surface area contributed by atoms with E-state index < -0.39 is 17.3 Å². The molecule has 4 heteroatoms. The fraction of sp³-hybridized carbons (Fsp3) is 0.800. The third-order valence-corrected chi connectivity index (χ3v) is 2.34. The Morgan fingerprint density at radius 2 is 1.93 bits per heavy atom. The van der Waals surface area contributed by atoms with Crippen molar-refractivity contribution in [3.05, 3.63) is 0 Å². The summed E-state index contributed by atoms with van der Waals surface area (Å²) in [6, 6.07) is 0. The lowest BCUT2D eigenvalue weighted by molar-refractivity contribution is -0.153. The van der Waals surface area contributed by atoms with E-state index in [9.17, 15) is 9.59 Å². The van der Waals surface area contributed by atoms with Crippen molar-refractivity contribution in [3.63, 3.8) is 0 Å². The van der Waals surface area contributed by atoms with E-state index in [-0.39, 0.29) is 5.97 Å². The summed E-state index contributed by atoms with van der Waals surface area (Å²) in [7, 11) is 1.31. The number of carboxylic acids is 1. The molecule has 1 atom stereocenters. The average molecular weight is 202 g/mol. The molecule has 0 aliphatic carbocycles. The Hall–Kier alpha value is -1.06. The van der Waals surface area contributed by atoms with Gasteiger partial charge in [-0.3, -0.25) is 9.59 Å². The van der Waals surface area contributed by atoms with E-state index in [1.54, 1.807) is 20.8 Å². The number of rotatable bonds is 5. The number of hydrogen-bond acceptors (Lipinski definition) is 3. The molecule has 0 heterocycles. The highest BCUT2D eigenvalue weighted by molar-refractivity contribution is 5.77. The van der Waals surface area contributed by atoms with Crippen molar-refractivity contribution < 1.29 is 19.4 Å². The highest BCUT2D eigenvalue weighted by atomic mass is 16.5. The molecule has 0 spiro atoms. The zero-order valence-corrected chi connectivity index (χ0v) is 9.16. The first-order valence-corrected chi connectivity index (χ1v) is 4.66. The number of carbonyl (C=O) groups is 2. The van der Waals surface area contributed by atoms with Gasteiger partial charge in [-0.25, -0.2) is 0 Å². The molecule has 0 bridgehead atoms. The third-order valence-electron chi connectivity index (χ3n) is 2.34. The van der Waals surface area contributed by atoms with Gasteiger partial charge in [0.2, 0.25) is 0 Å². The molecule has 0 amide bonds. The van der Waals surface area contributed by atoms with E-state index in [2.05, 4.69) is 4.74 Å². The van der Waals surface area contributed by atoms with Crippen LogP contribution in [0.4, 0.5) is 0 Å². The van der Waals surface area contributed by atoms with Crippen molar-refractivity contribution in [1.82, 2.24) is 0 Å². The maximum atomic E-state index is 11.3. The molecule has 14 heavy (non-hydrogen) atoms. The Morgan fingerprint density at radius 3 is 2.21 bits per heavy atom. The van der Waals surface area contributed by atoms with E-state index in [1.807, 2.05) is 0 Å². The van der Waals surface area contributed by atoms with Crippen LogP contribution < -0.4 is 0 Å². The van der Waals surface area contributed by atoms with Crippen LogP contribution in [0.15, 0.2) is 0 Å². The molecule has 0 aliphatic rings. The average Bonchev–Trinajstić information content (AvgIpc) is 2.12. The summed E-state index contributed by atoms with van der Waals surface area (Å²) in [5.74, 6) is -1.70. The van der Waals surface area contributed by atoms with Gasteiger partial charge in [-0.1, -0.05) is 6.92 Å². The first kappa shape index (κ1) is 12.9. The van der Waals surface area contributed by atoms with Crippen LogP contribution in [0, 0.1) is 11.3 Å². The van der Waals surface area contributed by atoms with Crippen molar-refractivity contribution in [1.29, 1.82) is 0 Å². The minimum absolute atomic E-state index is 0.311. The first-order valence-electron chi connectivity index (χ1n) is 4.66. The Bertz CT molecular complexity index is 220. The Labute approximate surface area is 84.3 Å². The number of hydrogen-bond donors (Lipinski definition) is 1. The van der Waals surface area contributed by atoms with Gasteiger partial charge in [0.25, 0.3) is 0 Å². The Kier molecular flexibility index (Phi) is 4.60. The molecule has 4 nitrogen and oxygen atoms in total. The fourth-order valence-electron chi connectivity index (χ4n) is 1.38. The number of aliphatic carboxylic acids is 1. The molecule has 0 saturated carbocycles. The normalized spacial score (nSPS) is 13.4. The minimum atomic E-state index is -0.857. The molecule has 0 aromatic carbocycles. The second-order valence-electron chi connectivity index (χ2n) is 4.02. The standard InChI is InChI=1S/C10H18O4/c1-5-7(8(11)12)6-10(2,3)9(13)14-4/h7H,5-6H2,1-4H3,(H,11,12). The monoisotopic (exact) mass is 202 g/mol. The van der Waals surface area contributed by atoms with Gasteiger partial charge in [-0.05, 0) is 26.7 Å². The molecular formula is C10H18O4. The topological polar surface area (TPSA) is 63.6 Å². The molecule has 0 saturated heterocycles. The molecule has 82 valence electrons. The molecule has 0 aliphatic heterocycles. The molecule has 1 unspecified atom stereocenters. The Balaban J connectivity index is 4.47. The summed E-state index contributed by atoms with van der Waals surface area (Å²) < 4.78 is 4.61. The number of carbonyl (C=O) groups excluding carboxylic acids is 1. The summed E-state index contributed by atoms with van der Waals surface area (Å²) in [4.78, 5) is 22.1. The van der Waals surface area contributed by atoms with E-state index in [0.717, 1.165) is 0 Å². The summed E-state index contributed by atoms with van der Waals surface area (Å²) >= 11 is 0. The van der Waals surface area contributed by atoms with Crippen LogP contribution in [0.25, 0.3) is 0 Å². The maximum Gasteiger partial charge on any atom is 0.311 e. The zero-order valence-electron chi connectivity index (χ0n) is 9.16. The smallest absolute Gasteiger partial charge is 0.311 e. The quantitative estimate of drug-likeness (QED) is 0.689. The van der Waals surface area contributed by atoms with Gasteiger partial charge >= 0.3 is 11.9 Å². The highest BCUT2D eigenvalue weighted by Crippen LogP contribution is 2.28. The van der Waals surface area contributed by atoms with Crippen LogP contribution in [0.1, 0.15) is 33.6 Å². The second kappa shape index (κ2) is 4.98. The van der Waals surface area contributed by atoms with Gasteiger partial charge < -0.3 is 9.84 Å². The van der Waals surface area contributed by atoms with E-state index in [4.69, 9.17) is 5.11 Å². The van der Waals surface area contributed by atoms with E-state index in [1.165, 1.54) is 7.11 Å². The SMILES string of the molecule is CCC(CC(C)(C)C(=O)OC)C(=O)O. The molecule has 0 radical (unpaired) electrons. The van der Waals surface area contributed by atoms with Crippen LogP contribution in [0.2, 0.25) is 0 Å². The number of methoxy groups -OCH3 is 1. The summed E-state index contributed by atoms with van der Waals surface area (Å²) in [5.41, 5.74) is -0.728. The lowest BCUT2D eigenvalue weighted by atomic mass is 9.82. The van der Waals surface area contributed by atoms with Crippen molar-refractivity contribution in [2.45, 2.75) is 33.6 Å². The summed E-state index contributed by atoms with van der Waals surface area (Å²) in [6.45, 7) is 5.20. The van der Waals surface area contributed by atoms with Gasteiger partial charge in [-0.15, -0.1) is 0 Å². The van der Waals surface area contributed by atoms with E-state index in [0.29, 0.717) is 12.8 Å². The van der Waals surface area contributed by atoms with Crippen LogP contribution in [0.3, 0.4) is 0 Å². The Morgan fingerprint density at radius 1 is 1.43 bits per heavy atom. The molecule has 0 aromatic heterocycles. The molecular weight excluding hydrogens is 184 g/mol. The molecule has 0 rings (SSSR count). The predicted molar refractivity (Wildman–Crippen MR) is 51.8 cm³/mol. The van der Waals surface area contributed by atoms with Crippen LogP contribution in [-0.4, -0.2) is 24.2 Å². The minimum Gasteiger partial charge on any atom is -0.481 e. The lowest BCUT2D eigenvalue weighted by Gasteiger charge is -2.24. The van der Waals surface area contributed by atoms with Crippen LogP contribution in [0.5, 0.6) is 0 Å². The maximum absolute atomic E-state index is 11.3. The van der Waals surface area contributed by atoms with Crippen molar-refractivity contribution in [2.75, 3.05) is 7.11 Å². The summed E-state index contributed by atoms with van der Waals surface area (Å²) in [5, 5.41) is 8.84. The van der Waals surface area contributed by atoms with Gasteiger partial charge in [0.1, 0.15) is 0 Å². The first-order chi connectivity index (χ1) is 6.35. The molecule has 0 fully saturated rings.